The zero-order valence-electron chi connectivity index (χ0n) is 47.4. The van der Waals surface area contributed by atoms with E-state index >= 15 is 0 Å². The van der Waals surface area contributed by atoms with Crippen molar-refractivity contribution in [2.75, 3.05) is 47.2 Å². The van der Waals surface area contributed by atoms with Crippen LogP contribution in [0.5, 0.6) is 0 Å². The van der Waals surface area contributed by atoms with Crippen molar-refractivity contribution in [3.63, 3.8) is 0 Å². The van der Waals surface area contributed by atoms with E-state index in [9.17, 15) is 123 Å². The molecule has 4 heterocycles. The number of nitrogens with zero attached hydrogens (tertiary/aromatic N) is 1. The van der Waals surface area contributed by atoms with Crippen molar-refractivity contribution in [1.82, 2.24) is 9.44 Å². The van der Waals surface area contributed by atoms with Crippen LogP contribution in [0, 0.1) is 0 Å². The second-order valence-electron chi connectivity index (χ2n) is 16.1. The van der Waals surface area contributed by atoms with Crippen LogP contribution < -0.4 is 261 Å². The van der Waals surface area contributed by atoms with Gasteiger partial charge in [0.25, 0.3) is 0 Å². The van der Waals surface area contributed by atoms with E-state index in [0.717, 1.165) is 14.2 Å². The van der Waals surface area contributed by atoms with E-state index < -0.39 is 236 Å². The minimum absolute atomic E-state index is 0. The third-order valence-corrected chi connectivity index (χ3v) is 13.7. The average molecular weight is 1480 g/mol. The summed E-state index contributed by atoms with van der Waals surface area (Å²) in [6, 6.07) is -5.06. The van der Waals surface area contributed by atoms with Crippen LogP contribution >= 0.6 is 0 Å². The molecule has 44 nitrogen and oxygen atoms in total. The molecule has 468 valence electrons. The molecule has 0 bridgehead atoms. The normalized spacial score (nSPS) is 33.0. The molecule has 0 radical (unpaired) electrons. The SMILES string of the molecule is CO[C@@H]1O[C@@H](C(=O)[O-])[C@@H](O[C@H]2O[C@H](COS(=O)(=O)[O-])[C@@H](OCC([O-])=NCCO[C@@H]3O[C@@H](C(=O)[O-])[C@@H](O[C@H]4O[C@H](COS(=O)(=O)[O-])[C@@H](OC)[C@H](O)[C@H]4NS(=O)(=O)[O-])[C@H](O)[C@H]3OS(=O)(=O)O)[C@H](O)[C@H]2NS(=O)(=O)[O-])[C@H](O)[C@H]1OS(=O)(=O)[O-].[Na+].[Na+].[Na+].[Na+].[Na+].[Na+].[Na+].[Na+]. The molecule has 58 heteroatoms. The molecule has 4 aliphatic heterocycles. The summed E-state index contributed by atoms with van der Waals surface area (Å²) in [7, 11) is -32.9. The van der Waals surface area contributed by atoms with E-state index in [4.69, 9.17) is 42.6 Å². The van der Waals surface area contributed by atoms with Gasteiger partial charge >= 0.3 is 247 Å². The van der Waals surface area contributed by atoms with Gasteiger partial charge in [-0.1, -0.05) is 0 Å². The van der Waals surface area contributed by atoms with Crippen molar-refractivity contribution >= 4 is 80.0 Å². The first-order chi connectivity index (χ1) is 36.5. The van der Waals surface area contributed by atoms with Crippen LogP contribution in [0.3, 0.4) is 0 Å². The van der Waals surface area contributed by atoms with Crippen LogP contribution in [-0.2, 0) is 136 Å². The maximum absolute atomic E-state index is 12.9. The molecular weight excluding hydrogens is 1430 g/mol. The number of methoxy groups -OCH3 is 2. The number of hydrogen-bond acceptors (Lipinski definition) is 41. The zero-order valence-corrected chi connectivity index (χ0v) is 68.3. The number of carboxylic acids is 2. The summed E-state index contributed by atoms with van der Waals surface area (Å²) >= 11 is 0. The van der Waals surface area contributed by atoms with Crippen LogP contribution in [0.2, 0.25) is 0 Å². The number of aliphatic hydroxyl groups excluding tert-OH is 4. The van der Waals surface area contributed by atoms with Crippen LogP contribution in [0.4, 0.5) is 0 Å². The molecule has 0 amide bonds. The molecule has 0 unspecified atom stereocenters. The first kappa shape index (κ1) is 102. The van der Waals surface area contributed by atoms with Crippen molar-refractivity contribution in [3.8, 4) is 0 Å². The molecule has 0 saturated carbocycles. The van der Waals surface area contributed by atoms with Gasteiger partial charge in [-0.15, -0.1) is 0 Å². The Balaban J connectivity index is -0.00000287. The van der Waals surface area contributed by atoms with E-state index in [1.165, 1.54) is 9.44 Å². The Morgan fingerprint density at radius 1 is 0.489 bits per heavy atom. The summed E-state index contributed by atoms with van der Waals surface area (Å²) in [5, 5.41) is 81.6. The maximum atomic E-state index is 12.9. The minimum Gasteiger partial charge on any atom is -0.860 e. The summed E-state index contributed by atoms with van der Waals surface area (Å²) in [5.41, 5.74) is 0. The summed E-state index contributed by atoms with van der Waals surface area (Å²) in [6.07, 6.45) is -45.4. The van der Waals surface area contributed by atoms with E-state index in [1.807, 2.05) is 0 Å². The zero-order chi connectivity index (χ0) is 60.8. The molecule has 0 aromatic carbocycles. The van der Waals surface area contributed by atoms with Crippen molar-refractivity contribution < 1.29 is 424 Å². The fourth-order valence-corrected chi connectivity index (χ4v) is 10.5. The number of carboxylic acid groups (broad SMARTS) is 2. The number of nitrogens with one attached hydrogen (secondary N) is 2. The Morgan fingerprint density at radius 2 is 0.875 bits per heavy atom. The molecule has 0 aromatic rings. The molecule has 4 aliphatic rings. The van der Waals surface area contributed by atoms with Crippen LogP contribution in [0.1, 0.15) is 0 Å². The predicted molar refractivity (Wildman–Crippen MR) is 220 cm³/mol. The van der Waals surface area contributed by atoms with E-state index in [0.29, 0.717) is 0 Å². The molecule has 4 rings (SSSR count). The second-order valence-corrected chi connectivity index (χ2v) is 22.6. The van der Waals surface area contributed by atoms with Gasteiger partial charge in [0.15, 0.2) is 58.0 Å². The number of carbonyl (C=O) groups is 2. The Hall–Kier alpha value is 5.07. The smallest absolute Gasteiger partial charge is 0.860 e. The van der Waals surface area contributed by atoms with Crippen molar-refractivity contribution in [1.29, 1.82) is 0 Å². The van der Waals surface area contributed by atoms with Gasteiger partial charge in [0.2, 0.25) is 31.2 Å². The van der Waals surface area contributed by atoms with Gasteiger partial charge in [0.05, 0.1) is 44.9 Å². The van der Waals surface area contributed by atoms with Gasteiger partial charge in [-0.05, 0) is 5.90 Å². The minimum atomic E-state index is -5.86. The second kappa shape index (κ2) is 43.8. The molecule has 88 heavy (non-hydrogen) atoms. The summed E-state index contributed by atoms with van der Waals surface area (Å²) in [4.78, 5) is 27.8. The molecule has 4 fully saturated rings. The maximum Gasteiger partial charge on any atom is 1.00 e. The van der Waals surface area contributed by atoms with Gasteiger partial charge in [-0.3, -0.25) is 17.1 Å². The van der Waals surface area contributed by atoms with Crippen molar-refractivity contribution in [2.24, 2.45) is 4.99 Å². The van der Waals surface area contributed by atoms with Gasteiger partial charge in [0, 0.05) is 14.2 Å². The Morgan fingerprint density at radius 3 is 1.23 bits per heavy atom. The Bertz CT molecular complexity index is 2880. The monoisotopic (exact) mass is 1480 g/mol. The number of carbonyl (C=O) groups excluding carboxylic acids is 2. The van der Waals surface area contributed by atoms with E-state index in [2.05, 4.69) is 26.5 Å². The molecule has 4 saturated heterocycles. The predicted octanol–water partition coefficient (Wildman–Crippen LogP) is -39.7. The number of aliphatic carboxylic acids is 2. The average Bonchev–Trinajstić information content (AvgIpc) is 3.29. The number of ether oxygens (including phenoxy) is 10. The third kappa shape index (κ3) is 33.2. The van der Waals surface area contributed by atoms with Crippen molar-refractivity contribution in [3.05, 3.63) is 0 Å². The largest absolute Gasteiger partial charge is 1.00 e. The quantitative estimate of drug-likeness (QED) is 0.00913. The van der Waals surface area contributed by atoms with Crippen molar-refractivity contribution in [2.45, 2.75) is 123 Å². The van der Waals surface area contributed by atoms with Crippen LogP contribution in [0.25, 0.3) is 0 Å². The summed E-state index contributed by atoms with van der Waals surface area (Å²) in [6.45, 7) is -6.49. The van der Waals surface area contributed by atoms with Gasteiger partial charge in [-0.25, -0.2) is 55.7 Å². The molecule has 0 spiro atoms. The van der Waals surface area contributed by atoms with Crippen LogP contribution in [-0.4, -0.2) is 286 Å². The molecule has 7 N–H and O–H groups in total. The Labute approximate surface area is 677 Å². The van der Waals surface area contributed by atoms with Gasteiger partial charge < -0.3 is 120 Å². The first-order valence-corrected chi connectivity index (χ1v) is 29.2. The fraction of sp³-hybridized carbons (Fsp3) is 0.900. The number of aliphatic hydroxyl groups is 4. The molecule has 0 aliphatic carbocycles. The number of rotatable bonds is 29. The Kier molecular flexibility index (Phi) is 50.6. The third-order valence-electron chi connectivity index (χ3n) is 10.8. The summed E-state index contributed by atoms with van der Waals surface area (Å²) < 4.78 is 276. The van der Waals surface area contributed by atoms with E-state index in [1.54, 1.807) is 0 Å². The number of hydrogen-bond donors (Lipinski definition) is 7. The van der Waals surface area contributed by atoms with Gasteiger partial charge in [0.1, 0.15) is 85.3 Å². The van der Waals surface area contributed by atoms with Gasteiger partial charge in [-0.2, -0.15) is 8.42 Å². The first-order valence-electron chi connectivity index (χ1n) is 21.1. The molecular formula is C30H43N3Na8O41S6. The standard InChI is InChI=1S/C30H51N3O41S6.8Na/c1-61-17-8(5-65-77(49,50)51)67-27(11(13(17)35)32-75(43,44)45)70-20-16(38)22(74-80(58,59)60)30(72-24(20)26(41)42)63-4-3-31-10(34)7-64-18-9(6-66-78(52,53)54)68-28(12(14(18)36)33-76(46,47)48)69-19-15(37)21(73-79(55,56)57)29(62-2)71-23(19)25(39)40;;;;;;;;/h8-9,11-24,27-30,32-33,35-38H,3-7H2,1-2H3,(H,31,34)(H,39,40)(H,41,42)(H,43,44,45)(H,46,47,48)(H,49,50,51)(H,52,53,54)(H,55,56,57)(H,58,59,60);;;;;;;;/q;8*+1/p-8/t8-,9-,11-,12-,13-,14-,15+,16+,17-,18-,19+,20+,21-,22-,23-,24-,27-,28-,29-,30-;;;;;;;;/m1......../s1. The number of aliphatic imine (C=N–C) groups is 1. The van der Waals surface area contributed by atoms with Crippen LogP contribution in [0.15, 0.2) is 4.99 Å². The topological polar surface area (TPSA) is 690 Å². The van der Waals surface area contributed by atoms with E-state index in [-0.39, 0.29) is 236 Å². The molecule has 20 atom stereocenters. The fourth-order valence-electron chi connectivity index (χ4n) is 7.73. The molecule has 0 aromatic heterocycles. The summed E-state index contributed by atoms with van der Waals surface area (Å²) in [5.74, 6) is -6.24.